The molecule has 7 heteroatoms. The lowest BCUT2D eigenvalue weighted by molar-refractivity contribution is -0.114. The van der Waals surface area contributed by atoms with Crippen molar-refractivity contribution in [3.8, 4) is 0 Å². The minimum atomic E-state index is -0.959. The number of carbonyl (C=O) groups excluding carboxylic acids is 1. The SMILES string of the molecule is CC(=O)Nc1ccc2c(c1)[nH]c1nccc(Nc3ccc(C(=O)O)cc3)c12. The van der Waals surface area contributed by atoms with Crippen molar-refractivity contribution < 1.29 is 14.7 Å². The van der Waals surface area contributed by atoms with E-state index in [-0.39, 0.29) is 11.5 Å². The summed E-state index contributed by atoms with van der Waals surface area (Å²) in [5.41, 5.74) is 4.15. The number of carboxylic acid groups (broad SMARTS) is 1. The fraction of sp³-hybridized carbons (Fsp3) is 0.0500. The predicted molar refractivity (Wildman–Crippen MR) is 105 cm³/mol. The quantitative estimate of drug-likeness (QED) is 0.438. The van der Waals surface area contributed by atoms with E-state index < -0.39 is 5.97 Å². The van der Waals surface area contributed by atoms with Crippen LogP contribution < -0.4 is 10.6 Å². The third-order valence-corrected chi connectivity index (χ3v) is 4.22. The number of aromatic amines is 1. The molecule has 0 fully saturated rings. The first-order chi connectivity index (χ1) is 13.0. The molecule has 27 heavy (non-hydrogen) atoms. The molecule has 0 atom stereocenters. The Morgan fingerprint density at radius 3 is 2.48 bits per heavy atom. The zero-order valence-corrected chi connectivity index (χ0v) is 14.4. The van der Waals surface area contributed by atoms with Gasteiger partial charge < -0.3 is 20.7 Å². The number of anilines is 3. The highest BCUT2D eigenvalue weighted by Gasteiger charge is 2.11. The molecule has 0 aliphatic carbocycles. The monoisotopic (exact) mass is 360 g/mol. The summed E-state index contributed by atoms with van der Waals surface area (Å²) in [6.45, 7) is 1.47. The van der Waals surface area contributed by atoms with E-state index in [1.165, 1.54) is 6.92 Å². The zero-order valence-electron chi connectivity index (χ0n) is 14.4. The molecule has 0 unspecified atom stereocenters. The number of carboxylic acids is 1. The number of pyridine rings is 1. The minimum absolute atomic E-state index is 0.129. The second-order valence-electron chi connectivity index (χ2n) is 6.16. The molecule has 2 aromatic heterocycles. The second kappa shape index (κ2) is 6.45. The fourth-order valence-corrected chi connectivity index (χ4v) is 3.06. The molecule has 2 aromatic carbocycles. The minimum Gasteiger partial charge on any atom is -0.478 e. The van der Waals surface area contributed by atoms with Crippen molar-refractivity contribution in [2.45, 2.75) is 6.92 Å². The summed E-state index contributed by atoms with van der Waals surface area (Å²) in [7, 11) is 0. The van der Waals surface area contributed by atoms with E-state index in [1.807, 2.05) is 24.3 Å². The number of benzene rings is 2. The van der Waals surface area contributed by atoms with Crippen LogP contribution >= 0.6 is 0 Å². The second-order valence-corrected chi connectivity index (χ2v) is 6.16. The highest BCUT2D eigenvalue weighted by molar-refractivity contribution is 6.13. The largest absolute Gasteiger partial charge is 0.478 e. The van der Waals surface area contributed by atoms with Gasteiger partial charge in [0.15, 0.2) is 0 Å². The van der Waals surface area contributed by atoms with E-state index in [0.717, 1.165) is 33.3 Å². The molecule has 0 aliphatic heterocycles. The van der Waals surface area contributed by atoms with Gasteiger partial charge in [-0.2, -0.15) is 0 Å². The summed E-state index contributed by atoms with van der Waals surface area (Å²) in [6, 6.07) is 14.1. The highest BCUT2D eigenvalue weighted by atomic mass is 16.4. The van der Waals surface area contributed by atoms with Crippen molar-refractivity contribution in [3.05, 3.63) is 60.3 Å². The van der Waals surface area contributed by atoms with Gasteiger partial charge in [0.05, 0.1) is 16.6 Å². The molecular formula is C20H16N4O3. The first-order valence-electron chi connectivity index (χ1n) is 8.30. The van der Waals surface area contributed by atoms with E-state index in [4.69, 9.17) is 5.11 Å². The number of nitrogens with one attached hydrogen (secondary N) is 3. The summed E-state index contributed by atoms with van der Waals surface area (Å²) in [4.78, 5) is 29.9. The maximum atomic E-state index is 11.3. The van der Waals surface area contributed by atoms with Gasteiger partial charge in [-0.25, -0.2) is 9.78 Å². The van der Waals surface area contributed by atoms with E-state index in [0.29, 0.717) is 5.69 Å². The van der Waals surface area contributed by atoms with Gasteiger partial charge in [0, 0.05) is 35.4 Å². The average Bonchev–Trinajstić information content (AvgIpc) is 3.00. The molecular weight excluding hydrogens is 344 g/mol. The molecule has 0 saturated carbocycles. The Morgan fingerprint density at radius 1 is 1.04 bits per heavy atom. The third kappa shape index (κ3) is 3.18. The number of amides is 1. The van der Waals surface area contributed by atoms with Crippen LogP contribution in [0.2, 0.25) is 0 Å². The van der Waals surface area contributed by atoms with Crippen molar-refractivity contribution in [2.75, 3.05) is 10.6 Å². The highest BCUT2D eigenvalue weighted by Crippen LogP contribution is 2.33. The number of nitrogens with zero attached hydrogens (tertiary/aromatic N) is 1. The van der Waals surface area contributed by atoms with E-state index in [1.54, 1.807) is 30.5 Å². The number of rotatable bonds is 4. The van der Waals surface area contributed by atoms with E-state index in [9.17, 15) is 9.59 Å². The van der Waals surface area contributed by atoms with Crippen LogP contribution in [0.15, 0.2) is 54.7 Å². The van der Waals surface area contributed by atoms with Crippen LogP contribution in [0, 0.1) is 0 Å². The van der Waals surface area contributed by atoms with Gasteiger partial charge >= 0.3 is 5.97 Å². The number of aromatic nitrogens is 2. The van der Waals surface area contributed by atoms with Crippen molar-refractivity contribution in [3.63, 3.8) is 0 Å². The fourth-order valence-electron chi connectivity index (χ4n) is 3.06. The number of aromatic carboxylic acids is 1. The van der Waals surface area contributed by atoms with Gasteiger partial charge in [0.25, 0.3) is 0 Å². The first-order valence-corrected chi connectivity index (χ1v) is 8.30. The Kier molecular flexibility index (Phi) is 3.97. The normalized spacial score (nSPS) is 10.9. The van der Waals surface area contributed by atoms with Crippen LogP contribution in [0.25, 0.3) is 21.9 Å². The van der Waals surface area contributed by atoms with Gasteiger partial charge in [-0.15, -0.1) is 0 Å². The third-order valence-electron chi connectivity index (χ3n) is 4.22. The van der Waals surface area contributed by atoms with Crippen molar-refractivity contribution in [1.82, 2.24) is 9.97 Å². The predicted octanol–water partition coefficient (Wildman–Crippen LogP) is 4.12. The standard InChI is InChI=1S/C20H16N4O3/c1-11(25)22-14-6-7-15-17(10-14)24-19-18(15)16(8-9-21-19)23-13-4-2-12(3-5-13)20(26)27/h2-10H,1H3,(H,22,25)(H,26,27)(H2,21,23,24). The van der Waals surface area contributed by atoms with Crippen LogP contribution in [0.5, 0.6) is 0 Å². The zero-order chi connectivity index (χ0) is 19.0. The Balaban J connectivity index is 1.76. The summed E-state index contributed by atoms with van der Waals surface area (Å²) in [5.74, 6) is -1.09. The van der Waals surface area contributed by atoms with Crippen LogP contribution in [0.4, 0.5) is 17.1 Å². The van der Waals surface area contributed by atoms with Gasteiger partial charge in [-0.3, -0.25) is 4.79 Å². The lowest BCUT2D eigenvalue weighted by Gasteiger charge is -2.08. The lowest BCUT2D eigenvalue weighted by atomic mass is 10.1. The van der Waals surface area contributed by atoms with E-state index in [2.05, 4.69) is 20.6 Å². The van der Waals surface area contributed by atoms with Crippen LogP contribution in [-0.4, -0.2) is 27.0 Å². The number of hydrogen-bond acceptors (Lipinski definition) is 4. The van der Waals surface area contributed by atoms with Gasteiger partial charge in [0.2, 0.25) is 5.91 Å². The Bertz CT molecular complexity index is 1180. The van der Waals surface area contributed by atoms with Crippen molar-refractivity contribution >= 4 is 50.9 Å². The maximum Gasteiger partial charge on any atom is 0.335 e. The van der Waals surface area contributed by atoms with Crippen LogP contribution in [0.1, 0.15) is 17.3 Å². The van der Waals surface area contributed by atoms with Gasteiger partial charge in [-0.1, -0.05) is 6.07 Å². The van der Waals surface area contributed by atoms with Crippen molar-refractivity contribution in [1.29, 1.82) is 0 Å². The summed E-state index contributed by atoms with van der Waals surface area (Å²) in [5, 5.41) is 17.0. The molecule has 4 N–H and O–H groups in total. The topological polar surface area (TPSA) is 107 Å². The molecule has 0 aliphatic rings. The summed E-state index contributed by atoms with van der Waals surface area (Å²) >= 11 is 0. The molecule has 134 valence electrons. The van der Waals surface area contributed by atoms with Crippen LogP contribution in [-0.2, 0) is 4.79 Å². The molecule has 0 radical (unpaired) electrons. The molecule has 4 rings (SSSR count). The van der Waals surface area contributed by atoms with Gasteiger partial charge in [-0.05, 0) is 42.5 Å². The van der Waals surface area contributed by atoms with Crippen molar-refractivity contribution in [2.24, 2.45) is 0 Å². The van der Waals surface area contributed by atoms with Gasteiger partial charge in [0.1, 0.15) is 5.65 Å². The van der Waals surface area contributed by atoms with Crippen LogP contribution in [0.3, 0.4) is 0 Å². The summed E-state index contributed by atoms with van der Waals surface area (Å²) < 4.78 is 0. The molecule has 0 saturated heterocycles. The molecule has 0 spiro atoms. The number of fused-ring (bicyclic) bond motifs is 3. The lowest BCUT2D eigenvalue weighted by Crippen LogP contribution is -2.05. The Morgan fingerprint density at radius 2 is 1.78 bits per heavy atom. The Labute approximate surface area is 154 Å². The smallest absolute Gasteiger partial charge is 0.335 e. The number of carbonyl (C=O) groups is 2. The first kappa shape index (κ1) is 16.6. The molecule has 4 aromatic rings. The molecule has 0 bridgehead atoms. The maximum absolute atomic E-state index is 11.3. The molecule has 7 nitrogen and oxygen atoms in total. The number of H-pyrrole nitrogens is 1. The average molecular weight is 360 g/mol. The van der Waals surface area contributed by atoms with E-state index >= 15 is 0 Å². The molecule has 1 amide bonds. The molecule has 2 heterocycles. The number of hydrogen-bond donors (Lipinski definition) is 4. The summed E-state index contributed by atoms with van der Waals surface area (Å²) in [6.07, 6.45) is 1.69. The Hall–Kier alpha value is -3.87.